The fourth-order valence-corrected chi connectivity index (χ4v) is 11.8. The molecular weight excluding hydrogens is 1680 g/mol. The van der Waals surface area contributed by atoms with Crippen LogP contribution in [-0.4, -0.2) is 119 Å². The SMILES string of the molecule is CN(CCCN)c1ccccc1.CNC(CN)c1ccccc1.NC(=O)Cc1ccc(N)cc1.NC(=O)Cc1ccccc1.NCC(=O)CCc1ccccc1.NCC(=O)c1ccccc1.NCC(=S)c1ccccc1.NCC(N)c1ccccc1.NCC(O)c1ccc(F)cc1.NCC(c1ccccc1)c1ccccc1.NCCC(=O)Cc1ccccc1.NNCc1ccccc1. The van der Waals surface area contributed by atoms with Crippen LogP contribution in [0.4, 0.5) is 15.8 Å². The predicted molar refractivity (Wildman–Crippen MR) is 553 cm³/mol. The molecule has 0 radical (unpaired) electrons. The normalized spacial score (nSPS) is 10.5. The number of nitrogens with two attached hydrogens (primary N) is 14. The minimum Gasteiger partial charge on any atom is -0.399 e. The number of nitrogens with one attached hydrogen (secondary N) is 2. The van der Waals surface area contributed by atoms with Crippen molar-refractivity contribution >= 4 is 57.6 Å². The number of aliphatic hydroxyl groups excluding tert-OH is 1. The van der Waals surface area contributed by atoms with Gasteiger partial charge in [0, 0.05) is 112 Å². The van der Waals surface area contributed by atoms with Gasteiger partial charge < -0.3 is 89.9 Å². The summed E-state index contributed by atoms with van der Waals surface area (Å²) >= 11 is 5.00. The van der Waals surface area contributed by atoms with Crippen LogP contribution in [0.3, 0.4) is 0 Å². The van der Waals surface area contributed by atoms with E-state index in [1.165, 1.54) is 57.8 Å². The number of aryl methyl sites for hydroxylation is 1. The maximum absolute atomic E-state index is 12.3. The number of likely N-dealkylation sites (N-methyl/N-ethyl adjacent to an activating group) is 1. The van der Waals surface area contributed by atoms with Crippen LogP contribution in [0, 0.1) is 5.82 Å². The van der Waals surface area contributed by atoms with E-state index in [0.717, 1.165) is 65.2 Å². The lowest BCUT2D eigenvalue weighted by Crippen LogP contribution is -2.24. The molecule has 2 amide bonds. The fraction of sp³-hybridized carbons (Fsp3) is 0.222. The topological polar surface area (TPSA) is 497 Å². The summed E-state index contributed by atoms with van der Waals surface area (Å²) in [5.41, 5.74) is 86.6. The summed E-state index contributed by atoms with van der Waals surface area (Å²) in [6.07, 6.45) is 3.33. The average Bonchev–Trinajstić information content (AvgIpc) is 0.850. The number of halogens is 1. The van der Waals surface area contributed by atoms with Crippen LogP contribution in [0.1, 0.15) is 115 Å². The van der Waals surface area contributed by atoms with Gasteiger partial charge in [0.1, 0.15) is 17.4 Å². The van der Waals surface area contributed by atoms with Gasteiger partial charge >= 0.3 is 0 Å². The van der Waals surface area contributed by atoms with Gasteiger partial charge in [0.2, 0.25) is 11.8 Å². The summed E-state index contributed by atoms with van der Waals surface area (Å²) in [4.78, 5) is 56.8. The third-order valence-electron chi connectivity index (χ3n) is 19.0. The number of aliphatic hydroxyl groups is 1. The Labute approximate surface area is 792 Å². The molecule has 0 spiro atoms. The first-order valence-corrected chi connectivity index (χ1v) is 44.2. The summed E-state index contributed by atoms with van der Waals surface area (Å²) < 4.78 is 12.3. The molecule has 3 unspecified atom stereocenters. The van der Waals surface area contributed by atoms with Crippen LogP contribution in [0.2, 0.25) is 0 Å². The third kappa shape index (κ3) is 56.3. The minimum absolute atomic E-state index is 0.0128. The molecule has 133 heavy (non-hydrogen) atoms. The molecule has 0 heterocycles. The van der Waals surface area contributed by atoms with Crippen molar-refractivity contribution < 1.29 is 33.5 Å². The zero-order valence-corrected chi connectivity index (χ0v) is 77.5. The van der Waals surface area contributed by atoms with Gasteiger partial charge in [-0.1, -0.05) is 358 Å². The molecule has 0 aliphatic heterocycles. The van der Waals surface area contributed by atoms with Gasteiger partial charge in [0.15, 0.2) is 5.78 Å². The Morgan fingerprint density at radius 2 is 0.774 bits per heavy atom. The molecule has 0 saturated carbocycles. The van der Waals surface area contributed by atoms with Crippen molar-refractivity contribution in [1.29, 1.82) is 0 Å². The highest BCUT2D eigenvalue weighted by Crippen LogP contribution is 2.23. The first-order valence-electron chi connectivity index (χ1n) is 43.8. The smallest absolute Gasteiger partial charge is 0.221 e. The second-order valence-electron chi connectivity index (χ2n) is 29.4. The number of nitrogens with zero attached hydrogens (tertiary/aromatic N) is 1. The summed E-state index contributed by atoms with van der Waals surface area (Å²) in [5.74, 6) is 4.83. The van der Waals surface area contributed by atoms with E-state index >= 15 is 0 Å². The zero-order chi connectivity index (χ0) is 97.7. The molecule has 13 rings (SSSR count). The molecule has 0 bridgehead atoms. The Morgan fingerprint density at radius 1 is 0.391 bits per heavy atom. The Kier molecular flexibility index (Phi) is 65.8. The lowest BCUT2D eigenvalue weighted by molar-refractivity contribution is -0.118. The molecule has 0 aromatic heterocycles. The maximum Gasteiger partial charge on any atom is 0.221 e. The molecular formula is C108H140FN17O6S. The Bertz CT molecular complexity index is 4960. The molecule has 3 atom stereocenters. The first kappa shape index (κ1) is 116. The van der Waals surface area contributed by atoms with Crippen molar-refractivity contribution in [3.8, 4) is 0 Å². The van der Waals surface area contributed by atoms with Gasteiger partial charge in [-0.2, -0.15) is 0 Å². The number of nitrogen functional groups attached to an aromatic ring is 1. The summed E-state index contributed by atoms with van der Waals surface area (Å²) in [6, 6.07) is 122. The minimum atomic E-state index is -0.685. The molecule has 13 aromatic rings. The number of ketones is 3. The van der Waals surface area contributed by atoms with Gasteiger partial charge in [-0.05, 0) is 131 Å². The van der Waals surface area contributed by atoms with Gasteiger partial charge in [0.05, 0.1) is 32.0 Å². The highest BCUT2D eigenvalue weighted by Gasteiger charge is 2.12. The van der Waals surface area contributed by atoms with E-state index in [1.54, 1.807) is 36.4 Å². The summed E-state index contributed by atoms with van der Waals surface area (Å²) in [5, 5.41) is 12.3. The molecule has 0 fully saturated rings. The van der Waals surface area contributed by atoms with Crippen molar-refractivity contribution in [2.45, 2.75) is 75.6 Å². The van der Waals surface area contributed by atoms with Gasteiger partial charge in [-0.25, -0.2) is 4.39 Å². The number of anilines is 2. The standard InChI is InChI=1S/C14H15N.C10H16N2.2C10H13NO.C9H14N2.C8H10FNO.C8H10N2O.C8H12N2.2C8H9NO.C8H9NS.C7H10N2/c15-11-14(12-7-3-1-4-8-12)13-9-5-2-6-10-13;1-12(9-5-8-11)10-6-3-2-4-7-10;11-7-6-10(12)8-9-4-2-1-3-5-9;11-8-10(12)7-6-9-4-2-1-3-5-9;1-11-9(7-10)8-5-3-2-4-6-8;9-7-3-1-6(2-4-7)8(11)5-10;9-7-3-1-6(2-4-7)5-8(10)11;2*9-6-8(10)7-4-2-1-3-5-7;9-8(10)6-7-4-2-1-3-5-7;9-6-8(10)7-4-2-1-3-5-7;8-9-6-7-4-2-1-3-5-7/h1-10,14H,11,15H2;2-4,6-7H,5,8-9,11H2,1H3;2*1-5H,6-8,11H2;2-6,9,11H,7,10H2,1H3;1-4,8,11H,5,10H2;1-4H,5,9H2,(H2,10,11);1-5,8H,6,9-10H2;1-5H,6,9H2;1-5H,6H2,(H2,9,10);1-5H,6,9H2;1-5,9H,6,8H2. The van der Waals surface area contributed by atoms with E-state index in [4.69, 9.17) is 92.6 Å². The van der Waals surface area contributed by atoms with Gasteiger partial charge in [-0.3, -0.25) is 35.2 Å². The number of rotatable bonds is 32. The van der Waals surface area contributed by atoms with Crippen molar-refractivity contribution in [3.05, 3.63) is 455 Å². The molecule has 25 heteroatoms. The Hall–Kier alpha value is -13.1. The van der Waals surface area contributed by atoms with Crippen LogP contribution in [0.25, 0.3) is 0 Å². The van der Waals surface area contributed by atoms with Gasteiger partial charge in [-0.15, -0.1) is 0 Å². The van der Waals surface area contributed by atoms with Gasteiger partial charge in [0.25, 0.3) is 0 Å². The molecule has 0 aliphatic rings. The van der Waals surface area contributed by atoms with E-state index in [9.17, 15) is 33.5 Å². The monoisotopic (exact) mass is 1820 g/mol. The van der Waals surface area contributed by atoms with Crippen molar-refractivity contribution in [3.63, 3.8) is 0 Å². The molecule has 0 aliphatic carbocycles. The van der Waals surface area contributed by atoms with E-state index in [1.807, 2.05) is 256 Å². The predicted octanol–water partition coefficient (Wildman–Crippen LogP) is 12.8. The van der Waals surface area contributed by atoms with Crippen LogP contribution in [-0.2, 0) is 51.4 Å². The number of carbonyl (C=O) groups excluding carboxylic acids is 5. The van der Waals surface area contributed by atoms with Crippen molar-refractivity contribution in [1.82, 2.24) is 10.7 Å². The highest BCUT2D eigenvalue weighted by molar-refractivity contribution is 7.81. The molecule has 23 nitrogen and oxygen atoms in total. The fourth-order valence-electron chi connectivity index (χ4n) is 11.7. The summed E-state index contributed by atoms with van der Waals surface area (Å²) in [7, 11) is 4.01. The molecule has 0 saturated heterocycles. The Balaban J connectivity index is 0.000000492. The molecule has 31 N–H and O–H groups in total. The zero-order valence-electron chi connectivity index (χ0n) is 76.7. The van der Waals surface area contributed by atoms with Crippen LogP contribution in [0.5, 0.6) is 0 Å². The number of thiocarbonyl (C=S) groups is 1. The lowest BCUT2D eigenvalue weighted by atomic mass is 9.92. The number of Topliss-reactive ketones (excluding diaryl/α,β-unsaturated/α-hetero) is 3. The number of benzene rings is 13. The third-order valence-corrected chi connectivity index (χ3v) is 19.4. The first-order chi connectivity index (χ1) is 64.5. The van der Waals surface area contributed by atoms with E-state index in [0.29, 0.717) is 81.1 Å². The van der Waals surface area contributed by atoms with E-state index in [2.05, 4.69) is 95.5 Å². The number of hydrogen-bond donors (Lipinski definition) is 17. The average molecular weight is 1820 g/mol. The second-order valence-corrected chi connectivity index (χ2v) is 29.9. The lowest BCUT2D eigenvalue weighted by Gasteiger charge is -2.18. The Morgan fingerprint density at radius 3 is 1.14 bits per heavy atom. The number of primary amides is 2. The highest BCUT2D eigenvalue weighted by atomic mass is 32.1. The number of hydrogen-bond acceptors (Lipinski definition) is 22. The van der Waals surface area contributed by atoms with Crippen molar-refractivity contribution in [2.75, 3.05) is 90.2 Å². The molecule has 706 valence electrons. The van der Waals surface area contributed by atoms with Crippen molar-refractivity contribution in [2.24, 2.45) is 74.6 Å². The van der Waals surface area contributed by atoms with E-state index in [-0.39, 0.29) is 73.1 Å². The van der Waals surface area contributed by atoms with Crippen LogP contribution in [0.15, 0.2) is 382 Å². The molecule has 13 aromatic carbocycles. The summed E-state index contributed by atoms with van der Waals surface area (Å²) in [6.45, 7) is 5.63. The number of carbonyl (C=O) groups is 5. The number of hydrazine groups is 1. The van der Waals surface area contributed by atoms with E-state index < -0.39 is 6.10 Å². The number of para-hydroxylation sites is 1. The van der Waals surface area contributed by atoms with Crippen LogP contribution >= 0.6 is 12.2 Å². The second kappa shape index (κ2) is 75.5. The maximum atomic E-state index is 12.3. The van der Waals surface area contributed by atoms with Crippen LogP contribution < -0.4 is 96.0 Å². The largest absolute Gasteiger partial charge is 0.399 e. The number of amides is 2. The quantitative estimate of drug-likeness (QED) is 0.00612.